The number of amides is 1. The number of pyridine rings is 1. The van der Waals surface area contributed by atoms with Gasteiger partial charge < -0.3 is 19.5 Å². The number of methoxy groups -OCH3 is 1. The van der Waals surface area contributed by atoms with Crippen molar-refractivity contribution in [3.63, 3.8) is 0 Å². The molecule has 0 saturated carbocycles. The molecule has 126 valence electrons. The van der Waals surface area contributed by atoms with Gasteiger partial charge in [-0.3, -0.25) is 4.79 Å². The summed E-state index contributed by atoms with van der Waals surface area (Å²) in [6.07, 6.45) is 2.40. The monoisotopic (exact) mass is 328 g/mol. The number of aryl methyl sites for hydroxylation is 1. The zero-order chi connectivity index (χ0) is 16.9. The van der Waals surface area contributed by atoms with Crippen molar-refractivity contribution in [3.05, 3.63) is 47.7 Å². The second kappa shape index (κ2) is 7.31. The van der Waals surface area contributed by atoms with Gasteiger partial charge in [0.2, 0.25) is 5.88 Å². The lowest BCUT2D eigenvalue weighted by Crippen LogP contribution is -2.17. The Morgan fingerprint density at radius 3 is 2.88 bits per heavy atom. The maximum atomic E-state index is 12.4. The molecule has 0 aliphatic carbocycles. The molecule has 0 radical (unpaired) electrons. The van der Waals surface area contributed by atoms with Crippen molar-refractivity contribution < 1.29 is 19.0 Å². The first-order chi connectivity index (χ1) is 11.7. The summed E-state index contributed by atoms with van der Waals surface area (Å²) in [5.74, 6) is 0.862. The Bertz CT molecular complexity index is 709. The normalized spacial score (nSPS) is 16.7. The summed E-state index contributed by atoms with van der Waals surface area (Å²) in [6.45, 7) is 3.25. The summed E-state index contributed by atoms with van der Waals surface area (Å²) < 4.78 is 16.2. The van der Waals surface area contributed by atoms with Crippen LogP contribution >= 0.6 is 0 Å². The van der Waals surface area contributed by atoms with Crippen LogP contribution in [0, 0.1) is 6.92 Å². The topological polar surface area (TPSA) is 69.7 Å². The fourth-order valence-corrected chi connectivity index (χ4v) is 2.47. The van der Waals surface area contributed by atoms with Gasteiger partial charge in [0.05, 0.1) is 31.6 Å². The Hall–Kier alpha value is -2.60. The summed E-state index contributed by atoms with van der Waals surface area (Å²) in [5, 5.41) is 2.85. The van der Waals surface area contributed by atoms with Gasteiger partial charge >= 0.3 is 0 Å². The van der Waals surface area contributed by atoms with Gasteiger partial charge in [0.25, 0.3) is 5.91 Å². The molecular weight excluding hydrogens is 308 g/mol. The molecule has 2 heterocycles. The van der Waals surface area contributed by atoms with Crippen LogP contribution in [-0.4, -0.2) is 37.3 Å². The van der Waals surface area contributed by atoms with Crippen LogP contribution in [0.4, 0.5) is 5.69 Å². The van der Waals surface area contributed by atoms with E-state index in [-0.39, 0.29) is 12.0 Å². The molecule has 1 aromatic heterocycles. The van der Waals surface area contributed by atoms with Crippen LogP contribution in [0.1, 0.15) is 22.3 Å². The van der Waals surface area contributed by atoms with E-state index in [0.29, 0.717) is 36.1 Å². The number of nitrogens with one attached hydrogen (secondary N) is 1. The van der Waals surface area contributed by atoms with Crippen molar-refractivity contribution >= 4 is 11.6 Å². The van der Waals surface area contributed by atoms with Gasteiger partial charge in [-0.05, 0) is 30.7 Å². The van der Waals surface area contributed by atoms with E-state index in [1.54, 1.807) is 19.2 Å². The van der Waals surface area contributed by atoms with E-state index in [1.807, 2.05) is 25.1 Å². The quantitative estimate of drug-likeness (QED) is 0.914. The van der Waals surface area contributed by atoms with Gasteiger partial charge in [0.15, 0.2) is 0 Å². The largest absolute Gasteiger partial charge is 0.495 e. The fraction of sp³-hybridized carbons (Fsp3) is 0.333. The lowest BCUT2D eigenvalue weighted by atomic mass is 10.2. The van der Waals surface area contributed by atoms with E-state index in [2.05, 4.69) is 10.3 Å². The van der Waals surface area contributed by atoms with Crippen LogP contribution < -0.4 is 14.8 Å². The predicted molar refractivity (Wildman–Crippen MR) is 89.8 cm³/mol. The number of nitrogens with zero attached hydrogens (tertiary/aromatic N) is 1. The highest BCUT2D eigenvalue weighted by Gasteiger charge is 2.18. The number of hydrogen-bond donors (Lipinski definition) is 1. The lowest BCUT2D eigenvalue weighted by molar-refractivity contribution is 0.102. The Balaban J connectivity index is 1.67. The summed E-state index contributed by atoms with van der Waals surface area (Å²) in [7, 11) is 1.57. The van der Waals surface area contributed by atoms with Crippen molar-refractivity contribution in [1.82, 2.24) is 4.98 Å². The molecule has 1 saturated heterocycles. The van der Waals surface area contributed by atoms with E-state index >= 15 is 0 Å². The maximum Gasteiger partial charge on any atom is 0.257 e. The molecule has 1 atom stereocenters. The number of carbonyl (C=O) groups excluding carboxylic acids is 1. The Morgan fingerprint density at radius 2 is 2.21 bits per heavy atom. The highest BCUT2D eigenvalue weighted by atomic mass is 16.5. The van der Waals surface area contributed by atoms with E-state index in [0.717, 1.165) is 12.0 Å². The van der Waals surface area contributed by atoms with Crippen LogP contribution in [0.3, 0.4) is 0 Å². The van der Waals surface area contributed by atoms with Crippen LogP contribution in [0.5, 0.6) is 11.6 Å². The van der Waals surface area contributed by atoms with Gasteiger partial charge in [-0.25, -0.2) is 4.98 Å². The van der Waals surface area contributed by atoms with Crippen molar-refractivity contribution in [1.29, 1.82) is 0 Å². The molecule has 1 fully saturated rings. The average molecular weight is 328 g/mol. The molecule has 3 rings (SSSR count). The van der Waals surface area contributed by atoms with Crippen molar-refractivity contribution in [3.8, 4) is 11.6 Å². The van der Waals surface area contributed by atoms with Crippen LogP contribution in [-0.2, 0) is 4.74 Å². The first kappa shape index (κ1) is 16.3. The molecule has 1 aliphatic rings. The van der Waals surface area contributed by atoms with Gasteiger partial charge in [-0.15, -0.1) is 0 Å². The van der Waals surface area contributed by atoms with E-state index in [4.69, 9.17) is 14.2 Å². The molecule has 0 bridgehead atoms. The number of ether oxygens (including phenoxy) is 3. The first-order valence-electron chi connectivity index (χ1n) is 7.82. The van der Waals surface area contributed by atoms with Gasteiger partial charge in [-0.2, -0.15) is 0 Å². The zero-order valence-electron chi connectivity index (χ0n) is 13.7. The van der Waals surface area contributed by atoms with Crippen molar-refractivity contribution in [2.24, 2.45) is 0 Å². The maximum absolute atomic E-state index is 12.4. The van der Waals surface area contributed by atoms with Crippen molar-refractivity contribution in [2.45, 2.75) is 19.4 Å². The van der Waals surface area contributed by atoms with E-state index in [9.17, 15) is 4.79 Å². The third-order valence-corrected chi connectivity index (χ3v) is 3.78. The standard InChI is InChI=1S/C18H20N2O4/c1-12-3-5-16(22-2)15(9-12)20-18(21)13-4-6-17(19-10-13)24-14-7-8-23-11-14/h3-6,9-10,14H,7-8,11H2,1-2H3,(H,20,21). The van der Waals surface area contributed by atoms with E-state index in [1.165, 1.54) is 6.20 Å². The number of carbonyl (C=O) groups is 1. The van der Waals surface area contributed by atoms with Crippen molar-refractivity contribution in [2.75, 3.05) is 25.6 Å². The molecule has 1 N–H and O–H groups in total. The molecule has 1 aromatic carbocycles. The second-order valence-electron chi connectivity index (χ2n) is 5.65. The molecule has 6 heteroatoms. The number of aromatic nitrogens is 1. The molecule has 1 unspecified atom stereocenters. The summed E-state index contributed by atoms with van der Waals surface area (Å²) in [4.78, 5) is 16.6. The third kappa shape index (κ3) is 3.83. The highest BCUT2D eigenvalue weighted by Crippen LogP contribution is 2.25. The Kier molecular flexibility index (Phi) is 4.96. The molecular formula is C18H20N2O4. The lowest BCUT2D eigenvalue weighted by Gasteiger charge is -2.12. The highest BCUT2D eigenvalue weighted by molar-refractivity contribution is 6.04. The van der Waals surface area contributed by atoms with E-state index < -0.39 is 0 Å². The Labute approximate surface area is 140 Å². The third-order valence-electron chi connectivity index (χ3n) is 3.78. The Morgan fingerprint density at radius 1 is 1.33 bits per heavy atom. The number of anilines is 1. The van der Waals surface area contributed by atoms with Gasteiger partial charge in [0, 0.05) is 18.7 Å². The molecule has 2 aromatic rings. The molecule has 6 nitrogen and oxygen atoms in total. The summed E-state index contributed by atoms with van der Waals surface area (Å²) in [6, 6.07) is 9.00. The fourth-order valence-electron chi connectivity index (χ4n) is 2.47. The minimum Gasteiger partial charge on any atom is -0.495 e. The number of benzene rings is 1. The molecule has 0 spiro atoms. The molecule has 1 amide bonds. The number of rotatable bonds is 5. The summed E-state index contributed by atoms with van der Waals surface area (Å²) in [5.41, 5.74) is 2.12. The van der Waals surface area contributed by atoms with Crippen LogP contribution in [0.2, 0.25) is 0 Å². The first-order valence-corrected chi connectivity index (χ1v) is 7.82. The second-order valence-corrected chi connectivity index (χ2v) is 5.65. The molecule has 24 heavy (non-hydrogen) atoms. The zero-order valence-corrected chi connectivity index (χ0v) is 13.7. The smallest absolute Gasteiger partial charge is 0.257 e. The SMILES string of the molecule is COc1ccc(C)cc1NC(=O)c1ccc(OC2CCOC2)nc1. The minimum absolute atomic E-state index is 0.0359. The minimum atomic E-state index is -0.248. The van der Waals surface area contributed by atoms with Crippen LogP contribution in [0.15, 0.2) is 36.5 Å². The van der Waals surface area contributed by atoms with Crippen LogP contribution in [0.25, 0.3) is 0 Å². The van der Waals surface area contributed by atoms with Gasteiger partial charge in [-0.1, -0.05) is 6.07 Å². The summed E-state index contributed by atoms with van der Waals surface area (Å²) >= 11 is 0. The molecule has 1 aliphatic heterocycles. The average Bonchev–Trinajstić information content (AvgIpc) is 3.09. The van der Waals surface area contributed by atoms with Gasteiger partial charge in [0.1, 0.15) is 11.9 Å². The number of hydrogen-bond acceptors (Lipinski definition) is 5. The predicted octanol–water partition coefficient (Wildman–Crippen LogP) is 2.82.